The van der Waals surface area contributed by atoms with Crippen molar-refractivity contribution in [3.63, 3.8) is 0 Å². The largest absolute Gasteiger partial charge is 0.497 e. The molecule has 1 aliphatic rings. The van der Waals surface area contributed by atoms with E-state index in [2.05, 4.69) is 0 Å². The Hall–Kier alpha value is -2.69. The molecule has 0 saturated carbocycles. The molecule has 5 heteroatoms. The smallest absolute Gasteiger partial charge is 0.166 e. The monoisotopic (exact) mass is 355 g/mol. The van der Waals surface area contributed by atoms with Crippen LogP contribution in [0.5, 0.6) is 5.75 Å². The Bertz CT molecular complexity index is 809. The quantitative estimate of drug-likeness (QED) is 0.757. The molecule has 136 valence electrons. The zero-order chi connectivity index (χ0) is 18.7. The Labute approximate surface area is 152 Å². The molecule has 0 amide bonds. The molecule has 0 aromatic heterocycles. The molecule has 2 aromatic carbocycles. The summed E-state index contributed by atoms with van der Waals surface area (Å²) in [5.41, 5.74) is 1.43. The van der Waals surface area contributed by atoms with Crippen LogP contribution in [0.4, 0.5) is 10.1 Å². The van der Waals surface area contributed by atoms with Gasteiger partial charge in [-0.3, -0.25) is 9.59 Å². The Morgan fingerprint density at radius 1 is 1.08 bits per heavy atom. The third kappa shape index (κ3) is 3.62. The van der Waals surface area contributed by atoms with Crippen LogP contribution >= 0.6 is 0 Å². The van der Waals surface area contributed by atoms with Crippen molar-refractivity contribution < 1.29 is 18.7 Å². The summed E-state index contributed by atoms with van der Waals surface area (Å²) >= 11 is 0. The van der Waals surface area contributed by atoms with Gasteiger partial charge in [-0.05, 0) is 56.2 Å². The average molecular weight is 355 g/mol. The fraction of sp³-hybridized carbons (Fsp3) is 0.333. The van der Waals surface area contributed by atoms with E-state index in [0.29, 0.717) is 37.2 Å². The van der Waals surface area contributed by atoms with Crippen molar-refractivity contribution in [2.75, 3.05) is 25.1 Å². The van der Waals surface area contributed by atoms with Crippen LogP contribution in [0.25, 0.3) is 0 Å². The predicted molar refractivity (Wildman–Crippen MR) is 98.7 cm³/mol. The minimum absolute atomic E-state index is 0.0611. The maximum atomic E-state index is 14.0. The SMILES string of the molecule is COc1ccc(C(=O)C2CCN(c3cccc(F)c3C(C)=O)CC2)cc1. The summed E-state index contributed by atoms with van der Waals surface area (Å²) in [6, 6.07) is 11.8. The van der Waals surface area contributed by atoms with Crippen LogP contribution in [-0.2, 0) is 0 Å². The number of hydrogen-bond acceptors (Lipinski definition) is 4. The van der Waals surface area contributed by atoms with Gasteiger partial charge in [0.1, 0.15) is 11.6 Å². The van der Waals surface area contributed by atoms with E-state index in [1.807, 2.05) is 4.90 Å². The van der Waals surface area contributed by atoms with Gasteiger partial charge in [-0.2, -0.15) is 0 Å². The van der Waals surface area contributed by atoms with Crippen LogP contribution < -0.4 is 9.64 Å². The zero-order valence-corrected chi connectivity index (χ0v) is 15.0. The Kier molecular flexibility index (Phi) is 5.35. The van der Waals surface area contributed by atoms with Gasteiger partial charge in [0, 0.05) is 24.6 Å². The van der Waals surface area contributed by atoms with Gasteiger partial charge in [-0.25, -0.2) is 4.39 Å². The number of carbonyl (C=O) groups excluding carboxylic acids is 2. The first-order chi connectivity index (χ1) is 12.5. The highest BCUT2D eigenvalue weighted by Crippen LogP contribution is 2.30. The van der Waals surface area contributed by atoms with E-state index < -0.39 is 5.82 Å². The van der Waals surface area contributed by atoms with Gasteiger partial charge in [0.2, 0.25) is 0 Å². The molecule has 1 fully saturated rings. The van der Waals surface area contributed by atoms with Crippen LogP contribution in [0, 0.1) is 11.7 Å². The number of anilines is 1. The molecular weight excluding hydrogens is 333 g/mol. The van der Waals surface area contributed by atoms with E-state index in [4.69, 9.17) is 4.74 Å². The minimum atomic E-state index is -0.494. The highest BCUT2D eigenvalue weighted by atomic mass is 19.1. The average Bonchev–Trinajstić information content (AvgIpc) is 2.67. The summed E-state index contributed by atoms with van der Waals surface area (Å²) < 4.78 is 19.2. The first-order valence-corrected chi connectivity index (χ1v) is 8.74. The summed E-state index contributed by atoms with van der Waals surface area (Å²) in [6.07, 6.45) is 1.36. The first kappa shape index (κ1) is 18.1. The fourth-order valence-corrected chi connectivity index (χ4v) is 3.50. The maximum Gasteiger partial charge on any atom is 0.166 e. The lowest BCUT2D eigenvalue weighted by Gasteiger charge is -2.34. The molecular formula is C21H22FNO3. The van der Waals surface area contributed by atoms with Gasteiger partial charge in [0.15, 0.2) is 11.6 Å². The molecule has 0 aliphatic carbocycles. The summed E-state index contributed by atoms with van der Waals surface area (Å²) in [6.45, 7) is 2.62. The molecule has 3 rings (SSSR count). The van der Waals surface area contributed by atoms with Gasteiger partial charge in [-0.1, -0.05) is 6.07 Å². The van der Waals surface area contributed by atoms with Gasteiger partial charge in [0.25, 0.3) is 0 Å². The minimum Gasteiger partial charge on any atom is -0.497 e. The molecule has 0 unspecified atom stereocenters. The summed E-state index contributed by atoms with van der Waals surface area (Å²) in [4.78, 5) is 26.5. The second kappa shape index (κ2) is 7.68. The number of ether oxygens (including phenoxy) is 1. The fourth-order valence-electron chi connectivity index (χ4n) is 3.50. The van der Waals surface area contributed by atoms with Crippen molar-refractivity contribution >= 4 is 17.3 Å². The third-order valence-electron chi connectivity index (χ3n) is 4.92. The number of halogens is 1. The molecule has 1 aliphatic heterocycles. The number of carbonyl (C=O) groups is 2. The maximum absolute atomic E-state index is 14.0. The highest BCUT2D eigenvalue weighted by molar-refractivity contribution is 6.00. The number of Topliss-reactive ketones (excluding diaryl/α,β-unsaturated/α-hetero) is 2. The van der Waals surface area contributed by atoms with E-state index in [9.17, 15) is 14.0 Å². The second-order valence-corrected chi connectivity index (χ2v) is 6.54. The predicted octanol–water partition coefficient (Wildman–Crippen LogP) is 4.14. The van der Waals surface area contributed by atoms with Crippen LogP contribution in [0.15, 0.2) is 42.5 Å². The molecule has 0 N–H and O–H groups in total. The number of benzene rings is 2. The molecule has 0 bridgehead atoms. The number of piperidine rings is 1. The topological polar surface area (TPSA) is 46.6 Å². The zero-order valence-electron chi connectivity index (χ0n) is 15.0. The van der Waals surface area contributed by atoms with Crippen molar-refractivity contribution in [2.45, 2.75) is 19.8 Å². The lowest BCUT2D eigenvalue weighted by atomic mass is 9.88. The Morgan fingerprint density at radius 2 is 1.73 bits per heavy atom. The second-order valence-electron chi connectivity index (χ2n) is 6.54. The Morgan fingerprint density at radius 3 is 2.31 bits per heavy atom. The summed E-state index contributed by atoms with van der Waals surface area (Å²) in [7, 11) is 1.59. The first-order valence-electron chi connectivity index (χ1n) is 8.74. The lowest BCUT2D eigenvalue weighted by Crippen LogP contribution is -2.37. The van der Waals surface area contributed by atoms with Crippen LogP contribution in [0.2, 0.25) is 0 Å². The van der Waals surface area contributed by atoms with Crippen molar-refractivity contribution in [1.29, 1.82) is 0 Å². The summed E-state index contributed by atoms with van der Waals surface area (Å²) in [5, 5.41) is 0. The number of methoxy groups -OCH3 is 1. The van der Waals surface area contributed by atoms with Gasteiger partial charge >= 0.3 is 0 Å². The lowest BCUT2D eigenvalue weighted by molar-refractivity contribution is 0.0899. The summed E-state index contributed by atoms with van der Waals surface area (Å²) in [5.74, 6) is 0.00696. The van der Waals surface area contributed by atoms with E-state index in [0.717, 1.165) is 5.75 Å². The van der Waals surface area contributed by atoms with Crippen LogP contribution in [-0.4, -0.2) is 31.8 Å². The molecule has 0 spiro atoms. The Balaban J connectivity index is 1.70. The highest BCUT2D eigenvalue weighted by Gasteiger charge is 2.28. The molecule has 1 heterocycles. The van der Waals surface area contributed by atoms with Gasteiger partial charge in [0.05, 0.1) is 18.4 Å². The van der Waals surface area contributed by atoms with Gasteiger partial charge in [-0.15, -0.1) is 0 Å². The third-order valence-corrected chi connectivity index (χ3v) is 4.92. The standard InChI is InChI=1S/C21H22FNO3/c1-14(24)20-18(22)4-3-5-19(20)23-12-10-16(11-13-23)21(25)15-6-8-17(26-2)9-7-15/h3-9,16H,10-13H2,1-2H3. The number of ketones is 2. The van der Waals surface area contributed by atoms with Crippen molar-refractivity contribution in [2.24, 2.45) is 5.92 Å². The van der Waals surface area contributed by atoms with Crippen molar-refractivity contribution in [3.8, 4) is 5.75 Å². The van der Waals surface area contributed by atoms with Crippen LogP contribution in [0.3, 0.4) is 0 Å². The van der Waals surface area contributed by atoms with Crippen LogP contribution in [0.1, 0.15) is 40.5 Å². The van der Waals surface area contributed by atoms with E-state index >= 15 is 0 Å². The molecule has 4 nitrogen and oxygen atoms in total. The number of nitrogens with zero attached hydrogens (tertiary/aromatic N) is 1. The van der Waals surface area contributed by atoms with Crippen molar-refractivity contribution in [1.82, 2.24) is 0 Å². The molecule has 0 atom stereocenters. The molecule has 26 heavy (non-hydrogen) atoms. The number of hydrogen-bond donors (Lipinski definition) is 0. The molecule has 2 aromatic rings. The van der Waals surface area contributed by atoms with E-state index in [1.165, 1.54) is 13.0 Å². The van der Waals surface area contributed by atoms with Gasteiger partial charge < -0.3 is 9.64 Å². The van der Waals surface area contributed by atoms with E-state index in [-0.39, 0.29) is 23.0 Å². The van der Waals surface area contributed by atoms with E-state index in [1.54, 1.807) is 43.5 Å². The number of rotatable bonds is 5. The molecule has 0 radical (unpaired) electrons. The molecule has 1 saturated heterocycles. The van der Waals surface area contributed by atoms with Crippen molar-refractivity contribution in [3.05, 3.63) is 59.4 Å². The normalized spacial score (nSPS) is 15.0.